The highest BCUT2D eigenvalue weighted by atomic mass is 35.5. The average Bonchev–Trinajstić information content (AvgIpc) is 2.52. The van der Waals surface area contributed by atoms with Crippen molar-refractivity contribution in [1.82, 2.24) is 10.0 Å². The summed E-state index contributed by atoms with van der Waals surface area (Å²) in [6.45, 7) is 0.741. The van der Waals surface area contributed by atoms with Crippen LogP contribution in [0.15, 0.2) is 47.4 Å². The lowest BCUT2D eigenvalue weighted by molar-refractivity contribution is 0.483. The maximum absolute atomic E-state index is 13.7. The highest BCUT2D eigenvalue weighted by molar-refractivity contribution is 7.89. The van der Waals surface area contributed by atoms with Crippen molar-refractivity contribution < 1.29 is 17.2 Å². The van der Waals surface area contributed by atoms with Gasteiger partial charge in [-0.2, -0.15) is 0 Å². The molecule has 24 heavy (non-hydrogen) atoms. The molecule has 3 rings (SSSR count). The fraction of sp³-hybridized carbons (Fsp3) is 0.250. The van der Waals surface area contributed by atoms with Gasteiger partial charge in [0.1, 0.15) is 11.6 Å². The minimum atomic E-state index is -4.26. The summed E-state index contributed by atoms with van der Waals surface area (Å²) in [6, 6.07) is 10.5. The number of rotatable bonds is 4. The van der Waals surface area contributed by atoms with Crippen LogP contribution in [0.3, 0.4) is 0 Å². The molecule has 1 atom stereocenters. The summed E-state index contributed by atoms with van der Waals surface area (Å²) in [7, 11) is -4.26. The third-order valence-corrected chi connectivity index (χ3v) is 5.35. The van der Waals surface area contributed by atoms with E-state index in [0.717, 1.165) is 42.3 Å². The van der Waals surface area contributed by atoms with Gasteiger partial charge in [0.05, 0.1) is 0 Å². The Morgan fingerprint density at radius 3 is 2.46 bits per heavy atom. The summed E-state index contributed by atoms with van der Waals surface area (Å²) in [5, 5.41) is 3.21. The maximum Gasteiger partial charge on any atom is 0.246 e. The van der Waals surface area contributed by atoms with Gasteiger partial charge in [0.25, 0.3) is 0 Å². The first-order valence-corrected chi connectivity index (χ1v) is 8.72. The van der Waals surface area contributed by atoms with Crippen molar-refractivity contribution in [3.05, 3.63) is 65.2 Å². The standard InChI is InChI=1S/C16H16F2N2O2S.ClH/c17-13-6-3-7-14(18)16(13)23(21,22)20-10-15-12-5-2-1-4-11(12)8-9-19-15;/h1-7,15,19-20H,8-10H2;1H. The van der Waals surface area contributed by atoms with Crippen molar-refractivity contribution in [2.45, 2.75) is 17.4 Å². The van der Waals surface area contributed by atoms with Gasteiger partial charge in [-0.25, -0.2) is 21.9 Å². The molecule has 1 aliphatic rings. The first-order valence-electron chi connectivity index (χ1n) is 7.24. The fourth-order valence-corrected chi connectivity index (χ4v) is 3.96. The summed E-state index contributed by atoms with van der Waals surface area (Å²) in [4.78, 5) is -0.941. The van der Waals surface area contributed by atoms with Gasteiger partial charge in [0.15, 0.2) is 4.90 Å². The predicted molar refractivity (Wildman–Crippen MR) is 89.7 cm³/mol. The van der Waals surface area contributed by atoms with E-state index < -0.39 is 26.6 Å². The number of hydrogen-bond acceptors (Lipinski definition) is 3. The Morgan fingerprint density at radius 2 is 1.75 bits per heavy atom. The SMILES string of the molecule is Cl.O=S(=O)(NCC1NCCc2ccccc21)c1c(F)cccc1F. The highest BCUT2D eigenvalue weighted by Gasteiger charge is 2.26. The van der Waals surface area contributed by atoms with E-state index in [1.807, 2.05) is 24.3 Å². The van der Waals surface area contributed by atoms with Crippen molar-refractivity contribution in [3.63, 3.8) is 0 Å². The molecule has 0 spiro atoms. The smallest absolute Gasteiger partial charge is 0.246 e. The predicted octanol–water partition coefficient (Wildman–Crippen LogP) is 2.55. The molecular formula is C16H17ClF2N2O2S. The third-order valence-electron chi connectivity index (χ3n) is 3.88. The number of benzene rings is 2. The lowest BCUT2D eigenvalue weighted by Crippen LogP contribution is -2.39. The Morgan fingerprint density at radius 1 is 1.08 bits per heavy atom. The van der Waals surface area contributed by atoms with Gasteiger partial charge in [-0.05, 0) is 36.2 Å². The van der Waals surface area contributed by atoms with Gasteiger partial charge in [-0.3, -0.25) is 0 Å². The van der Waals surface area contributed by atoms with E-state index in [0.29, 0.717) is 0 Å². The lowest BCUT2D eigenvalue weighted by Gasteiger charge is -2.27. The van der Waals surface area contributed by atoms with Crippen LogP contribution < -0.4 is 10.0 Å². The minimum absolute atomic E-state index is 0. The van der Waals surface area contributed by atoms with E-state index in [9.17, 15) is 17.2 Å². The van der Waals surface area contributed by atoms with Gasteiger partial charge < -0.3 is 5.32 Å². The van der Waals surface area contributed by atoms with Crippen molar-refractivity contribution in [2.24, 2.45) is 0 Å². The second-order valence-corrected chi connectivity index (χ2v) is 7.06. The molecule has 0 aliphatic carbocycles. The molecule has 2 N–H and O–H groups in total. The molecule has 0 saturated heterocycles. The van der Waals surface area contributed by atoms with Crippen LogP contribution >= 0.6 is 12.4 Å². The average molecular weight is 375 g/mol. The molecule has 130 valence electrons. The summed E-state index contributed by atoms with van der Waals surface area (Å²) < 4.78 is 54.1. The van der Waals surface area contributed by atoms with E-state index in [-0.39, 0.29) is 25.0 Å². The normalized spacial score (nSPS) is 17.0. The van der Waals surface area contributed by atoms with Gasteiger partial charge in [-0.1, -0.05) is 30.3 Å². The number of fused-ring (bicyclic) bond motifs is 1. The molecule has 0 bridgehead atoms. The van der Waals surface area contributed by atoms with Crippen LogP contribution in [0.1, 0.15) is 17.2 Å². The van der Waals surface area contributed by atoms with Crippen LogP contribution in [0.2, 0.25) is 0 Å². The van der Waals surface area contributed by atoms with Crippen molar-refractivity contribution in [2.75, 3.05) is 13.1 Å². The quantitative estimate of drug-likeness (QED) is 0.864. The molecule has 1 aliphatic heterocycles. The van der Waals surface area contributed by atoms with Gasteiger partial charge in [0.2, 0.25) is 10.0 Å². The first-order chi connectivity index (χ1) is 11.0. The first kappa shape index (κ1) is 18.8. The Balaban J connectivity index is 0.00000208. The highest BCUT2D eigenvalue weighted by Crippen LogP contribution is 2.23. The topological polar surface area (TPSA) is 58.2 Å². The van der Waals surface area contributed by atoms with Crippen molar-refractivity contribution in [1.29, 1.82) is 0 Å². The van der Waals surface area contributed by atoms with Gasteiger partial charge >= 0.3 is 0 Å². The molecule has 0 radical (unpaired) electrons. The number of sulfonamides is 1. The second-order valence-electron chi connectivity index (χ2n) is 5.36. The summed E-state index contributed by atoms with van der Waals surface area (Å²) in [6.07, 6.45) is 0.862. The molecule has 0 saturated carbocycles. The van der Waals surface area contributed by atoms with E-state index in [1.165, 1.54) is 0 Å². The van der Waals surface area contributed by atoms with Crippen LogP contribution in [-0.4, -0.2) is 21.5 Å². The summed E-state index contributed by atoms with van der Waals surface area (Å²) in [5.41, 5.74) is 2.14. The van der Waals surface area contributed by atoms with E-state index in [2.05, 4.69) is 10.0 Å². The van der Waals surface area contributed by atoms with Gasteiger partial charge in [0, 0.05) is 12.6 Å². The number of hydrogen-bond donors (Lipinski definition) is 2. The maximum atomic E-state index is 13.7. The van der Waals surface area contributed by atoms with Crippen molar-refractivity contribution in [3.8, 4) is 0 Å². The molecular weight excluding hydrogens is 358 g/mol. The Hall–Kier alpha value is -1.54. The third kappa shape index (κ3) is 3.75. The number of nitrogens with one attached hydrogen (secondary N) is 2. The van der Waals surface area contributed by atoms with Gasteiger partial charge in [-0.15, -0.1) is 12.4 Å². The second kappa shape index (κ2) is 7.57. The van der Waals surface area contributed by atoms with E-state index >= 15 is 0 Å². The van der Waals surface area contributed by atoms with Crippen LogP contribution in [0.5, 0.6) is 0 Å². The Labute approximate surface area is 145 Å². The van der Waals surface area contributed by atoms with Crippen LogP contribution in [0.25, 0.3) is 0 Å². The molecule has 2 aromatic rings. The molecule has 0 aromatic heterocycles. The molecule has 0 fully saturated rings. The zero-order valence-electron chi connectivity index (χ0n) is 12.6. The van der Waals surface area contributed by atoms with Crippen LogP contribution in [-0.2, 0) is 16.4 Å². The van der Waals surface area contributed by atoms with E-state index in [4.69, 9.17) is 0 Å². The molecule has 8 heteroatoms. The van der Waals surface area contributed by atoms with Crippen LogP contribution in [0.4, 0.5) is 8.78 Å². The summed E-state index contributed by atoms with van der Waals surface area (Å²) >= 11 is 0. The largest absolute Gasteiger partial charge is 0.308 e. The van der Waals surface area contributed by atoms with Crippen molar-refractivity contribution >= 4 is 22.4 Å². The molecule has 0 amide bonds. The molecule has 1 heterocycles. The monoisotopic (exact) mass is 374 g/mol. The molecule has 4 nitrogen and oxygen atoms in total. The Kier molecular flexibility index (Phi) is 5.92. The zero-order chi connectivity index (χ0) is 16.4. The minimum Gasteiger partial charge on any atom is -0.308 e. The van der Waals surface area contributed by atoms with E-state index in [1.54, 1.807) is 0 Å². The number of halogens is 3. The lowest BCUT2D eigenvalue weighted by atomic mass is 9.95. The fourth-order valence-electron chi connectivity index (χ4n) is 2.78. The summed E-state index contributed by atoms with van der Waals surface area (Å²) in [5.74, 6) is -2.20. The van der Waals surface area contributed by atoms with Crippen LogP contribution in [0, 0.1) is 11.6 Å². The molecule has 1 unspecified atom stereocenters. The Bertz CT molecular complexity index is 810. The zero-order valence-corrected chi connectivity index (χ0v) is 14.3. The molecule has 2 aromatic carbocycles.